The number of anilines is 1. The highest BCUT2D eigenvalue weighted by atomic mass is 79.9. The van der Waals surface area contributed by atoms with Crippen molar-refractivity contribution in [1.82, 2.24) is 20.3 Å². The largest absolute Gasteiger partial charge is 0.367 e. The van der Waals surface area contributed by atoms with E-state index in [1.165, 1.54) is 0 Å². The van der Waals surface area contributed by atoms with Gasteiger partial charge < -0.3 is 5.32 Å². The summed E-state index contributed by atoms with van der Waals surface area (Å²) < 4.78 is 4.46. The van der Waals surface area contributed by atoms with E-state index in [4.69, 9.17) is 11.6 Å². The Hall–Kier alpha value is -0.950. The molecule has 2 aromatic rings. The molecule has 0 fully saturated rings. The van der Waals surface area contributed by atoms with Crippen LogP contribution >= 0.6 is 27.5 Å². The monoisotopic (exact) mass is 277 g/mol. The lowest BCUT2D eigenvalue weighted by Crippen LogP contribution is -2.05. The van der Waals surface area contributed by atoms with Gasteiger partial charge in [0.15, 0.2) is 11.0 Å². The van der Waals surface area contributed by atoms with Crippen molar-refractivity contribution in [3.8, 4) is 0 Å². The summed E-state index contributed by atoms with van der Waals surface area (Å²) in [6, 6.07) is 0. The van der Waals surface area contributed by atoms with E-state index in [0.29, 0.717) is 23.7 Å². The molecule has 2 rings (SSSR count). The predicted molar refractivity (Wildman–Crippen MR) is 54.7 cm³/mol. The van der Waals surface area contributed by atoms with E-state index in [1.807, 2.05) is 0 Å². The Morgan fingerprint density at radius 3 is 2.71 bits per heavy atom. The van der Waals surface area contributed by atoms with Crippen molar-refractivity contribution in [3.05, 3.63) is 5.15 Å². The van der Waals surface area contributed by atoms with E-state index >= 15 is 0 Å². The lowest BCUT2D eigenvalue weighted by atomic mass is 10.6. The molecule has 0 aliphatic heterocycles. The molecule has 14 heavy (non-hydrogen) atoms. The second kappa shape index (κ2) is 4.05. The van der Waals surface area contributed by atoms with Gasteiger partial charge in [0.2, 0.25) is 11.3 Å². The van der Waals surface area contributed by atoms with Gasteiger partial charge in [0.05, 0.1) is 0 Å². The van der Waals surface area contributed by atoms with E-state index in [1.54, 1.807) is 0 Å². The smallest absolute Gasteiger partial charge is 0.245 e. The summed E-state index contributed by atoms with van der Waals surface area (Å²) >= 11 is 9.11. The number of alkyl halides is 1. The molecule has 0 aromatic carbocycles. The Kier molecular flexibility index (Phi) is 2.78. The minimum Gasteiger partial charge on any atom is -0.367 e. The maximum Gasteiger partial charge on any atom is 0.245 e. The van der Waals surface area contributed by atoms with Crippen molar-refractivity contribution >= 4 is 44.6 Å². The highest BCUT2D eigenvalue weighted by Gasteiger charge is 2.09. The lowest BCUT2D eigenvalue weighted by molar-refractivity contribution is 0.314. The minimum atomic E-state index is 0.258. The van der Waals surface area contributed by atoms with Crippen LogP contribution < -0.4 is 5.32 Å². The first-order valence-electron chi connectivity index (χ1n) is 3.77. The zero-order valence-corrected chi connectivity index (χ0v) is 9.21. The highest BCUT2D eigenvalue weighted by molar-refractivity contribution is 9.09. The number of rotatable bonds is 3. The Balaban J connectivity index is 2.38. The van der Waals surface area contributed by atoms with Gasteiger partial charge >= 0.3 is 0 Å². The molecule has 0 aliphatic carbocycles. The summed E-state index contributed by atoms with van der Waals surface area (Å²) in [5.74, 6) is 0.481. The van der Waals surface area contributed by atoms with Gasteiger partial charge in [-0.3, -0.25) is 0 Å². The van der Waals surface area contributed by atoms with Crippen molar-refractivity contribution in [3.63, 3.8) is 0 Å². The molecular weight excluding hydrogens is 273 g/mol. The fraction of sp³-hybridized carbons (Fsp3) is 0.333. The molecule has 1 N–H and O–H groups in total. The predicted octanol–water partition coefficient (Wildman–Crippen LogP) is 1.47. The standard InChI is InChI=1S/C6H5BrClN5O/c7-1-2-9-4-3(8)10-5-6(11-4)13-14-12-5/h1-2H2,(H,9,11,13). The summed E-state index contributed by atoms with van der Waals surface area (Å²) in [4.78, 5) is 8.02. The van der Waals surface area contributed by atoms with Gasteiger partial charge in [-0.25, -0.2) is 14.6 Å². The van der Waals surface area contributed by atoms with Crippen LogP contribution in [0.3, 0.4) is 0 Å². The maximum atomic E-state index is 5.84. The van der Waals surface area contributed by atoms with Crippen LogP contribution in [0.2, 0.25) is 5.15 Å². The van der Waals surface area contributed by atoms with Crippen LogP contribution in [0.15, 0.2) is 4.63 Å². The first kappa shape index (κ1) is 9.60. The van der Waals surface area contributed by atoms with Crippen LogP contribution in [-0.4, -0.2) is 32.2 Å². The fourth-order valence-corrected chi connectivity index (χ4v) is 1.28. The second-order valence-corrected chi connectivity index (χ2v) is 3.54. The number of nitrogens with one attached hydrogen (secondary N) is 1. The molecule has 6 nitrogen and oxygen atoms in total. The minimum absolute atomic E-state index is 0.258. The molecule has 0 aliphatic rings. The molecule has 0 unspecified atom stereocenters. The molecule has 0 bridgehead atoms. The third-order valence-corrected chi connectivity index (χ3v) is 2.12. The average Bonchev–Trinajstić information content (AvgIpc) is 2.61. The van der Waals surface area contributed by atoms with Gasteiger partial charge in [-0.1, -0.05) is 27.5 Å². The quantitative estimate of drug-likeness (QED) is 0.857. The summed E-state index contributed by atoms with van der Waals surface area (Å²) in [5, 5.41) is 11.1. The molecule has 0 spiro atoms. The average molecular weight is 278 g/mol. The maximum absolute atomic E-state index is 5.84. The van der Waals surface area contributed by atoms with Crippen LogP contribution in [0, 0.1) is 0 Å². The van der Waals surface area contributed by atoms with Gasteiger partial charge in [-0.05, 0) is 10.3 Å². The Morgan fingerprint density at radius 2 is 2.00 bits per heavy atom. The fourth-order valence-electron chi connectivity index (χ4n) is 0.896. The molecule has 74 valence electrons. The molecule has 0 amide bonds. The van der Waals surface area contributed by atoms with Crippen LogP contribution in [0.25, 0.3) is 11.3 Å². The van der Waals surface area contributed by atoms with E-state index in [0.717, 1.165) is 5.33 Å². The third kappa shape index (κ3) is 1.78. The van der Waals surface area contributed by atoms with Gasteiger partial charge in [0.25, 0.3) is 0 Å². The molecule has 2 aromatic heterocycles. The van der Waals surface area contributed by atoms with Gasteiger partial charge in [0, 0.05) is 11.9 Å². The van der Waals surface area contributed by atoms with Crippen molar-refractivity contribution in [2.45, 2.75) is 0 Å². The molecular formula is C6H5BrClN5O. The molecule has 0 saturated heterocycles. The summed E-state index contributed by atoms with van der Waals surface area (Å²) in [6.45, 7) is 0.700. The first-order chi connectivity index (χ1) is 6.81. The van der Waals surface area contributed by atoms with Crippen LogP contribution in [0.4, 0.5) is 5.82 Å². The Morgan fingerprint density at radius 1 is 1.29 bits per heavy atom. The number of hydrogen-bond acceptors (Lipinski definition) is 6. The van der Waals surface area contributed by atoms with Crippen molar-refractivity contribution < 1.29 is 4.63 Å². The van der Waals surface area contributed by atoms with Crippen LogP contribution in [0.5, 0.6) is 0 Å². The molecule has 0 atom stereocenters. The molecule has 0 saturated carbocycles. The topological polar surface area (TPSA) is 76.7 Å². The normalized spacial score (nSPS) is 10.7. The Bertz CT molecular complexity index is 447. The van der Waals surface area contributed by atoms with Gasteiger partial charge in [-0.15, -0.1) is 0 Å². The zero-order valence-electron chi connectivity index (χ0n) is 6.87. The van der Waals surface area contributed by atoms with Gasteiger partial charge in [-0.2, -0.15) is 0 Å². The van der Waals surface area contributed by atoms with E-state index < -0.39 is 0 Å². The molecule has 2 heterocycles. The van der Waals surface area contributed by atoms with Crippen molar-refractivity contribution in [1.29, 1.82) is 0 Å². The summed E-state index contributed by atoms with van der Waals surface area (Å²) in [6.07, 6.45) is 0. The summed E-state index contributed by atoms with van der Waals surface area (Å²) in [7, 11) is 0. The third-order valence-electron chi connectivity index (χ3n) is 1.46. The molecule has 8 heteroatoms. The number of halogens is 2. The van der Waals surface area contributed by atoms with E-state index in [9.17, 15) is 0 Å². The van der Waals surface area contributed by atoms with Crippen molar-refractivity contribution in [2.24, 2.45) is 0 Å². The number of nitrogens with zero attached hydrogens (tertiary/aromatic N) is 4. The first-order valence-corrected chi connectivity index (χ1v) is 5.27. The highest BCUT2D eigenvalue weighted by Crippen LogP contribution is 2.18. The number of fused-ring (bicyclic) bond motifs is 1. The molecule has 0 radical (unpaired) electrons. The Labute approximate surface area is 92.1 Å². The van der Waals surface area contributed by atoms with Crippen LogP contribution in [-0.2, 0) is 0 Å². The second-order valence-electron chi connectivity index (χ2n) is 2.39. The summed E-state index contributed by atoms with van der Waals surface area (Å²) in [5.41, 5.74) is 0.644. The zero-order chi connectivity index (χ0) is 9.97. The van der Waals surface area contributed by atoms with Gasteiger partial charge in [0.1, 0.15) is 0 Å². The van der Waals surface area contributed by atoms with E-state index in [-0.39, 0.29) is 5.15 Å². The van der Waals surface area contributed by atoms with Crippen molar-refractivity contribution in [2.75, 3.05) is 17.2 Å². The number of aromatic nitrogens is 4. The van der Waals surface area contributed by atoms with E-state index in [2.05, 4.69) is 46.2 Å². The SMILES string of the molecule is Clc1nc2nonc2nc1NCCBr. The number of hydrogen-bond donors (Lipinski definition) is 1. The van der Waals surface area contributed by atoms with Crippen LogP contribution in [0.1, 0.15) is 0 Å². The lowest BCUT2D eigenvalue weighted by Gasteiger charge is -2.02.